The predicted molar refractivity (Wildman–Crippen MR) is 97.8 cm³/mol. The van der Waals surface area contributed by atoms with E-state index in [0.29, 0.717) is 10.9 Å². The molecule has 1 unspecified atom stereocenters. The third kappa shape index (κ3) is 5.10. The summed E-state index contributed by atoms with van der Waals surface area (Å²) in [4.78, 5) is 11.9. The smallest absolute Gasteiger partial charge is 0.277 e. The van der Waals surface area contributed by atoms with Gasteiger partial charge in [0.2, 0.25) is 0 Å². The molecule has 1 N–H and O–H groups in total. The minimum atomic E-state index is -0.322. The van der Waals surface area contributed by atoms with Gasteiger partial charge in [-0.1, -0.05) is 61.8 Å². The molecule has 1 atom stereocenters. The number of benzene rings is 2. The van der Waals surface area contributed by atoms with Crippen molar-refractivity contribution in [2.45, 2.75) is 26.2 Å². The van der Waals surface area contributed by atoms with Gasteiger partial charge < -0.3 is 4.74 Å². The Morgan fingerprint density at radius 1 is 1.25 bits per heavy atom. The fraction of sp³-hybridized carbons (Fsp3) is 0.263. The number of amides is 1. The van der Waals surface area contributed by atoms with Crippen LogP contribution in [0.2, 0.25) is 5.02 Å². The number of ether oxygens (including phenoxy) is 1. The van der Waals surface area contributed by atoms with Gasteiger partial charge >= 0.3 is 0 Å². The number of nitrogens with one attached hydrogen (secondary N) is 1. The molecule has 4 nitrogen and oxygen atoms in total. The summed E-state index contributed by atoms with van der Waals surface area (Å²) in [5.41, 5.74) is 4.28. The summed E-state index contributed by atoms with van der Waals surface area (Å²) in [5, 5.41) is 4.48. The van der Waals surface area contributed by atoms with E-state index in [1.54, 1.807) is 6.07 Å². The van der Waals surface area contributed by atoms with E-state index in [9.17, 15) is 4.79 Å². The molecule has 0 saturated heterocycles. The third-order valence-electron chi connectivity index (χ3n) is 3.72. The van der Waals surface area contributed by atoms with Gasteiger partial charge in [-0.3, -0.25) is 4.79 Å². The Kier molecular flexibility index (Phi) is 6.82. The minimum absolute atomic E-state index is 0.0900. The highest BCUT2D eigenvalue weighted by Gasteiger charge is 2.10. The fourth-order valence-corrected chi connectivity index (χ4v) is 2.35. The van der Waals surface area contributed by atoms with Crippen molar-refractivity contribution in [3.8, 4) is 5.75 Å². The molecule has 126 valence electrons. The number of halogens is 1. The molecule has 0 fully saturated rings. The number of hydrogen-bond donors (Lipinski definition) is 1. The predicted octanol–water partition coefficient (Wildman–Crippen LogP) is 4.38. The second kappa shape index (κ2) is 9.08. The lowest BCUT2D eigenvalue weighted by Gasteiger charge is -2.15. The molecule has 0 radical (unpaired) electrons. The number of nitrogens with zero attached hydrogens (tertiary/aromatic N) is 1. The number of rotatable bonds is 7. The van der Waals surface area contributed by atoms with Crippen LogP contribution >= 0.6 is 11.6 Å². The standard InChI is InChI=1S/C19H21ClN2O2/c1-3-14(2)16-9-5-7-11-18(16)24-13-19(23)22-21-12-15-8-4-6-10-17(15)20/h4-12,14H,3,13H2,1-2H3,(H,22,23)/b21-12+. The maximum atomic E-state index is 11.9. The summed E-state index contributed by atoms with van der Waals surface area (Å²) < 4.78 is 5.64. The number of hydrogen-bond acceptors (Lipinski definition) is 3. The molecule has 0 aliphatic heterocycles. The van der Waals surface area contributed by atoms with Gasteiger partial charge in [-0.15, -0.1) is 0 Å². The minimum Gasteiger partial charge on any atom is -0.483 e. The zero-order valence-electron chi connectivity index (χ0n) is 13.8. The van der Waals surface area contributed by atoms with Crippen LogP contribution in [0.1, 0.15) is 37.3 Å². The lowest BCUT2D eigenvalue weighted by atomic mass is 9.98. The van der Waals surface area contributed by atoms with Crippen molar-refractivity contribution < 1.29 is 9.53 Å². The summed E-state index contributed by atoms with van der Waals surface area (Å²) in [5.74, 6) is 0.789. The fourth-order valence-electron chi connectivity index (χ4n) is 2.17. The Bertz CT molecular complexity index is 716. The van der Waals surface area contributed by atoms with Crippen LogP contribution in [0.5, 0.6) is 5.75 Å². The first kappa shape index (κ1) is 18.0. The quantitative estimate of drug-likeness (QED) is 0.598. The Morgan fingerprint density at radius 3 is 2.71 bits per heavy atom. The highest BCUT2D eigenvalue weighted by molar-refractivity contribution is 6.33. The Balaban J connectivity index is 1.89. The van der Waals surface area contributed by atoms with Crippen molar-refractivity contribution in [2.75, 3.05) is 6.61 Å². The Labute approximate surface area is 147 Å². The largest absolute Gasteiger partial charge is 0.483 e. The normalized spacial score (nSPS) is 12.1. The lowest BCUT2D eigenvalue weighted by molar-refractivity contribution is -0.123. The first-order chi connectivity index (χ1) is 11.6. The monoisotopic (exact) mass is 344 g/mol. The van der Waals surface area contributed by atoms with E-state index in [1.807, 2.05) is 42.5 Å². The molecular formula is C19H21ClN2O2. The summed E-state index contributed by atoms with van der Waals surface area (Å²) in [6.45, 7) is 4.17. The van der Waals surface area contributed by atoms with Crippen LogP contribution in [0.25, 0.3) is 0 Å². The molecule has 5 heteroatoms. The number of hydrazone groups is 1. The molecule has 0 heterocycles. The Hall–Kier alpha value is -2.33. The van der Waals surface area contributed by atoms with Crippen LogP contribution < -0.4 is 10.2 Å². The number of para-hydroxylation sites is 1. The van der Waals surface area contributed by atoms with Gasteiger partial charge in [-0.2, -0.15) is 5.10 Å². The van der Waals surface area contributed by atoms with E-state index >= 15 is 0 Å². The zero-order chi connectivity index (χ0) is 17.4. The molecule has 0 bridgehead atoms. The highest BCUT2D eigenvalue weighted by Crippen LogP contribution is 2.28. The molecule has 2 aromatic rings. The average molecular weight is 345 g/mol. The van der Waals surface area contributed by atoms with Gasteiger partial charge in [-0.05, 0) is 30.0 Å². The molecule has 0 spiro atoms. The summed E-state index contributed by atoms with van der Waals surface area (Å²) in [7, 11) is 0. The van der Waals surface area contributed by atoms with Crippen molar-refractivity contribution in [1.82, 2.24) is 5.43 Å². The zero-order valence-corrected chi connectivity index (χ0v) is 14.6. The van der Waals surface area contributed by atoms with E-state index < -0.39 is 0 Å². The Morgan fingerprint density at radius 2 is 1.96 bits per heavy atom. The topological polar surface area (TPSA) is 50.7 Å². The molecule has 0 aliphatic rings. The van der Waals surface area contributed by atoms with E-state index in [0.717, 1.165) is 23.3 Å². The maximum absolute atomic E-state index is 11.9. The van der Waals surface area contributed by atoms with E-state index in [4.69, 9.17) is 16.3 Å². The van der Waals surface area contributed by atoms with Gasteiger partial charge in [-0.25, -0.2) is 5.43 Å². The molecule has 2 aromatic carbocycles. The van der Waals surface area contributed by atoms with Crippen molar-refractivity contribution in [2.24, 2.45) is 5.10 Å². The highest BCUT2D eigenvalue weighted by atomic mass is 35.5. The van der Waals surface area contributed by atoms with Crippen molar-refractivity contribution >= 4 is 23.7 Å². The number of carbonyl (C=O) groups is 1. The molecular weight excluding hydrogens is 324 g/mol. The van der Waals surface area contributed by atoms with Gasteiger partial charge in [0.05, 0.1) is 6.21 Å². The molecule has 0 aliphatic carbocycles. The second-order valence-electron chi connectivity index (χ2n) is 5.45. The lowest BCUT2D eigenvalue weighted by Crippen LogP contribution is -2.25. The third-order valence-corrected chi connectivity index (χ3v) is 4.06. The van der Waals surface area contributed by atoms with E-state index in [1.165, 1.54) is 6.21 Å². The summed E-state index contributed by atoms with van der Waals surface area (Å²) in [6.07, 6.45) is 2.52. The van der Waals surface area contributed by atoms with Crippen LogP contribution in [0.15, 0.2) is 53.6 Å². The molecule has 1 amide bonds. The van der Waals surface area contributed by atoms with Crippen LogP contribution in [0, 0.1) is 0 Å². The van der Waals surface area contributed by atoms with Crippen LogP contribution in [-0.2, 0) is 4.79 Å². The van der Waals surface area contributed by atoms with Crippen molar-refractivity contribution in [1.29, 1.82) is 0 Å². The van der Waals surface area contributed by atoms with Gasteiger partial charge in [0.15, 0.2) is 6.61 Å². The van der Waals surface area contributed by atoms with Crippen molar-refractivity contribution in [3.63, 3.8) is 0 Å². The summed E-state index contributed by atoms with van der Waals surface area (Å²) in [6, 6.07) is 15.0. The summed E-state index contributed by atoms with van der Waals surface area (Å²) >= 11 is 6.01. The first-order valence-corrected chi connectivity index (χ1v) is 8.27. The van der Waals surface area contributed by atoms with Gasteiger partial charge in [0.1, 0.15) is 5.75 Å². The number of carbonyl (C=O) groups excluding carboxylic acids is 1. The molecule has 2 rings (SSSR count). The molecule has 0 aromatic heterocycles. The first-order valence-electron chi connectivity index (χ1n) is 7.90. The van der Waals surface area contributed by atoms with E-state index in [-0.39, 0.29) is 12.5 Å². The van der Waals surface area contributed by atoms with Crippen LogP contribution in [0.4, 0.5) is 0 Å². The van der Waals surface area contributed by atoms with Crippen molar-refractivity contribution in [3.05, 3.63) is 64.7 Å². The van der Waals surface area contributed by atoms with E-state index in [2.05, 4.69) is 24.4 Å². The van der Waals surface area contributed by atoms with Crippen LogP contribution in [-0.4, -0.2) is 18.7 Å². The van der Waals surface area contributed by atoms with Gasteiger partial charge in [0, 0.05) is 10.6 Å². The van der Waals surface area contributed by atoms with Crippen LogP contribution in [0.3, 0.4) is 0 Å². The molecule has 0 saturated carbocycles. The average Bonchev–Trinajstić information content (AvgIpc) is 2.61. The SMILES string of the molecule is CCC(C)c1ccccc1OCC(=O)N/N=C/c1ccccc1Cl. The molecule has 24 heavy (non-hydrogen) atoms. The van der Waals surface area contributed by atoms with Gasteiger partial charge in [0.25, 0.3) is 5.91 Å². The second-order valence-corrected chi connectivity index (χ2v) is 5.86. The maximum Gasteiger partial charge on any atom is 0.277 e.